The van der Waals surface area contributed by atoms with Gasteiger partial charge in [0.15, 0.2) is 9.84 Å². The predicted octanol–water partition coefficient (Wildman–Crippen LogP) is 0.651. The molecule has 0 aliphatic carbocycles. The van der Waals surface area contributed by atoms with E-state index >= 15 is 0 Å². The van der Waals surface area contributed by atoms with E-state index in [1.807, 2.05) is 0 Å². The Labute approximate surface area is 98.9 Å². The smallest absolute Gasteiger partial charge is 0.214 e. The number of hydrogen-bond donors (Lipinski definition) is 1. The first-order valence-electron chi connectivity index (χ1n) is 4.48. The summed E-state index contributed by atoms with van der Waals surface area (Å²) < 4.78 is 27.8. The molecular weight excluding hydrogens is 254 g/mol. The molecule has 1 rings (SSSR count). The van der Waals surface area contributed by atoms with Gasteiger partial charge in [0.2, 0.25) is 5.88 Å². The lowest BCUT2D eigenvalue weighted by molar-refractivity contribution is 0.319. The van der Waals surface area contributed by atoms with Gasteiger partial charge in [-0.15, -0.1) is 0 Å². The lowest BCUT2D eigenvalue weighted by atomic mass is 10.3. The number of sulfone groups is 1. The van der Waals surface area contributed by atoms with E-state index in [9.17, 15) is 8.42 Å². The zero-order valence-electron chi connectivity index (χ0n) is 8.68. The Morgan fingerprint density at radius 2 is 2.19 bits per heavy atom. The minimum atomic E-state index is -3.32. The van der Waals surface area contributed by atoms with Crippen LogP contribution in [0.15, 0.2) is 12.1 Å². The number of halogens is 1. The zero-order chi connectivity index (χ0) is 12.2. The van der Waals surface area contributed by atoms with Crippen molar-refractivity contribution in [3.8, 4) is 5.88 Å². The van der Waals surface area contributed by atoms with Crippen molar-refractivity contribution in [2.24, 2.45) is 0 Å². The highest BCUT2D eigenvalue weighted by Gasteiger charge is 2.13. The molecule has 0 saturated carbocycles. The first kappa shape index (κ1) is 13.2. The van der Waals surface area contributed by atoms with E-state index in [4.69, 9.17) is 21.4 Å². The molecule has 5 nitrogen and oxygen atoms in total. The van der Waals surface area contributed by atoms with Crippen molar-refractivity contribution in [3.63, 3.8) is 0 Å². The number of methoxy groups -OCH3 is 1. The lowest BCUT2D eigenvalue weighted by Crippen LogP contribution is -2.12. The Morgan fingerprint density at radius 1 is 1.50 bits per heavy atom. The third kappa shape index (κ3) is 3.96. The van der Waals surface area contributed by atoms with Crippen LogP contribution in [0.25, 0.3) is 0 Å². The molecule has 7 heteroatoms. The number of rotatable bonds is 5. The topological polar surface area (TPSA) is 76.5 Å². The average Bonchev–Trinajstić information content (AvgIpc) is 2.15. The zero-order valence-corrected chi connectivity index (χ0v) is 10.3. The number of ether oxygens (including phenoxy) is 1. The van der Waals surface area contributed by atoms with Gasteiger partial charge in [0.05, 0.1) is 25.2 Å². The van der Waals surface area contributed by atoms with Gasteiger partial charge >= 0.3 is 0 Å². The summed E-state index contributed by atoms with van der Waals surface area (Å²) in [5.74, 6) is -0.191. The average molecular weight is 266 g/mol. The van der Waals surface area contributed by atoms with E-state index in [1.165, 1.54) is 19.2 Å². The van der Waals surface area contributed by atoms with Crippen LogP contribution in [0.3, 0.4) is 0 Å². The summed E-state index contributed by atoms with van der Waals surface area (Å²) in [6, 6.07) is 2.96. The summed E-state index contributed by atoms with van der Waals surface area (Å²) in [5.41, 5.74) is 0.491. The Balaban J connectivity index is 2.93. The summed E-state index contributed by atoms with van der Waals surface area (Å²) >= 11 is 5.70. The summed E-state index contributed by atoms with van der Waals surface area (Å²) in [7, 11) is -1.90. The fourth-order valence-electron chi connectivity index (χ4n) is 1.18. The van der Waals surface area contributed by atoms with Crippen LogP contribution in [0.2, 0.25) is 5.15 Å². The molecule has 90 valence electrons. The lowest BCUT2D eigenvalue weighted by Gasteiger charge is -2.05. The van der Waals surface area contributed by atoms with Gasteiger partial charge in [-0.3, -0.25) is 0 Å². The van der Waals surface area contributed by atoms with Gasteiger partial charge in [-0.25, -0.2) is 13.4 Å². The summed E-state index contributed by atoms with van der Waals surface area (Å²) in [6.45, 7) is -0.391. The number of aliphatic hydroxyl groups is 1. The first-order valence-corrected chi connectivity index (χ1v) is 6.68. The minimum Gasteiger partial charge on any atom is -0.481 e. The normalized spacial score (nSPS) is 11.4. The number of hydrogen-bond acceptors (Lipinski definition) is 5. The van der Waals surface area contributed by atoms with Crippen LogP contribution in [0.5, 0.6) is 5.88 Å². The Bertz CT molecular complexity index is 461. The van der Waals surface area contributed by atoms with Crippen molar-refractivity contribution in [2.45, 2.75) is 5.75 Å². The van der Waals surface area contributed by atoms with Crippen LogP contribution in [0.1, 0.15) is 5.56 Å². The molecule has 0 aliphatic rings. The minimum absolute atomic E-state index is 0.175. The summed E-state index contributed by atoms with van der Waals surface area (Å²) in [4.78, 5) is 3.83. The van der Waals surface area contributed by atoms with E-state index < -0.39 is 16.4 Å². The molecule has 1 aromatic heterocycles. The van der Waals surface area contributed by atoms with Crippen molar-refractivity contribution in [2.75, 3.05) is 19.5 Å². The maximum atomic E-state index is 11.4. The number of pyridine rings is 1. The SMILES string of the molecule is COc1cc(CS(=O)(=O)CCO)cc(Cl)n1. The maximum Gasteiger partial charge on any atom is 0.214 e. The predicted molar refractivity (Wildman–Crippen MR) is 60.4 cm³/mol. The molecule has 1 aromatic rings. The molecule has 0 aromatic carbocycles. The van der Waals surface area contributed by atoms with E-state index in [0.29, 0.717) is 5.56 Å². The van der Waals surface area contributed by atoms with Crippen LogP contribution in [0, 0.1) is 0 Å². The highest BCUT2D eigenvalue weighted by Crippen LogP contribution is 2.18. The van der Waals surface area contributed by atoms with Crippen LogP contribution in [-0.4, -0.2) is 38.0 Å². The molecule has 0 saturated heterocycles. The van der Waals surface area contributed by atoms with Crippen LogP contribution >= 0.6 is 11.6 Å². The van der Waals surface area contributed by atoms with Gasteiger partial charge in [-0.1, -0.05) is 11.6 Å². The van der Waals surface area contributed by atoms with E-state index in [0.717, 1.165) is 0 Å². The molecule has 0 radical (unpaired) electrons. The maximum absolute atomic E-state index is 11.4. The van der Waals surface area contributed by atoms with Crippen molar-refractivity contribution in [1.29, 1.82) is 0 Å². The molecule has 0 unspecified atom stereocenters. The largest absolute Gasteiger partial charge is 0.481 e. The van der Waals surface area contributed by atoms with Gasteiger partial charge in [0.1, 0.15) is 5.15 Å². The Kier molecular flexibility index (Phi) is 4.52. The van der Waals surface area contributed by atoms with Gasteiger partial charge in [0, 0.05) is 6.07 Å². The monoisotopic (exact) mass is 265 g/mol. The molecule has 0 fully saturated rings. The number of aliphatic hydroxyl groups excluding tert-OH is 1. The quantitative estimate of drug-likeness (QED) is 0.791. The number of aromatic nitrogens is 1. The van der Waals surface area contributed by atoms with Crippen LogP contribution < -0.4 is 4.74 Å². The second-order valence-electron chi connectivity index (χ2n) is 3.16. The molecule has 0 amide bonds. The number of nitrogens with zero attached hydrogens (tertiary/aromatic N) is 1. The molecule has 0 aliphatic heterocycles. The summed E-state index contributed by atoms with van der Waals surface area (Å²) in [5, 5.41) is 8.77. The van der Waals surface area contributed by atoms with Gasteiger partial charge in [-0.05, 0) is 11.6 Å². The third-order valence-corrected chi connectivity index (χ3v) is 3.60. The van der Waals surface area contributed by atoms with E-state index in [2.05, 4.69) is 4.98 Å². The molecule has 16 heavy (non-hydrogen) atoms. The molecule has 0 atom stereocenters. The van der Waals surface area contributed by atoms with Crippen molar-refractivity contribution < 1.29 is 18.3 Å². The van der Waals surface area contributed by atoms with Gasteiger partial charge in [-0.2, -0.15) is 0 Å². The molecule has 0 bridgehead atoms. The highest BCUT2D eigenvalue weighted by molar-refractivity contribution is 7.90. The molecule has 1 heterocycles. The summed E-state index contributed by atoms with van der Waals surface area (Å²) in [6.07, 6.45) is 0. The standard InChI is InChI=1S/C9H12ClNO4S/c1-15-9-5-7(4-8(10)11-9)6-16(13,14)3-2-12/h4-5,12H,2-3,6H2,1H3. The fraction of sp³-hybridized carbons (Fsp3) is 0.444. The van der Waals surface area contributed by atoms with Crippen LogP contribution in [0.4, 0.5) is 0 Å². The van der Waals surface area contributed by atoms with Crippen LogP contribution in [-0.2, 0) is 15.6 Å². The van der Waals surface area contributed by atoms with Crippen molar-refractivity contribution in [1.82, 2.24) is 4.98 Å². The molecule has 0 spiro atoms. The molecule has 1 N–H and O–H groups in total. The fourth-order valence-corrected chi connectivity index (χ4v) is 2.50. The second-order valence-corrected chi connectivity index (χ2v) is 5.73. The first-order chi connectivity index (χ1) is 7.46. The van der Waals surface area contributed by atoms with Gasteiger partial charge in [0.25, 0.3) is 0 Å². The van der Waals surface area contributed by atoms with E-state index in [1.54, 1.807) is 0 Å². The third-order valence-electron chi connectivity index (χ3n) is 1.83. The van der Waals surface area contributed by atoms with E-state index in [-0.39, 0.29) is 22.5 Å². The Morgan fingerprint density at radius 3 is 2.75 bits per heavy atom. The van der Waals surface area contributed by atoms with Crippen molar-refractivity contribution >= 4 is 21.4 Å². The van der Waals surface area contributed by atoms with Crippen molar-refractivity contribution in [3.05, 3.63) is 22.8 Å². The van der Waals surface area contributed by atoms with Gasteiger partial charge < -0.3 is 9.84 Å². The molecular formula is C9H12ClNO4S. The second kappa shape index (κ2) is 5.47. The highest BCUT2D eigenvalue weighted by atomic mass is 35.5. The Hall–Kier alpha value is -0.850.